The summed E-state index contributed by atoms with van der Waals surface area (Å²) in [5.41, 5.74) is 0.598. The Labute approximate surface area is 115 Å². The average molecular weight is 284 g/mol. The van der Waals surface area contributed by atoms with Crippen molar-refractivity contribution in [3.05, 3.63) is 29.3 Å². The van der Waals surface area contributed by atoms with E-state index in [1.807, 2.05) is 13.8 Å². The fraction of sp³-hybridized carbons (Fsp3) is 0.385. The van der Waals surface area contributed by atoms with Gasteiger partial charge in [-0.1, -0.05) is 25.4 Å². The second-order valence-corrected chi connectivity index (χ2v) is 6.64. The molecule has 18 heavy (non-hydrogen) atoms. The molecule has 0 saturated carbocycles. The molecule has 0 spiro atoms. The Balaban J connectivity index is 2.21. The van der Waals surface area contributed by atoms with Crippen LogP contribution in [-0.2, 0) is 9.59 Å². The Morgan fingerprint density at radius 1 is 1.28 bits per heavy atom. The minimum atomic E-state index is -0.256. The molecule has 0 radical (unpaired) electrons. The average Bonchev–Trinajstić information content (AvgIpc) is 2.55. The predicted octanol–water partition coefficient (Wildman–Crippen LogP) is 3.11. The van der Waals surface area contributed by atoms with Crippen molar-refractivity contribution in [1.29, 1.82) is 0 Å². The molecule has 1 heterocycles. The third kappa shape index (κ3) is 2.70. The third-order valence-corrected chi connectivity index (χ3v) is 4.12. The Bertz CT molecular complexity index is 472. The number of thioether (sulfide) groups is 1. The van der Waals surface area contributed by atoms with Crippen LogP contribution >= 0.6 is 23.4 Å². The zero-order valence-corrected chi connectivity index (χ0v) is 11.8. The standard InChI is InChI=1S/C13H14ClNO2S/c1-8(2)18-11-7-12(16)15(13(11)17)10-5-3-9(14)4-6-10/h3-6,8,11H,7H2,1-2H3. The fourth-order valence-electron chi connectivity index (χ4n) is 1.90. The first-order chi connectivity index (χ1) is 8.49. The highest BCUT2D eigenvalue weighted by Gasteiger charge is 2.40. The Hall–Kier alpha value is -1.00. The zero-order valence-electron chi connectivity index (χ0n) is 10.2. The van der Waals surface area contributed by atoms with E-state index in [-0.39, 0.29) is 23.5 Å². The van der Waals surface area contributed by atoms with Gasteiger partial charge in [0.05, 0.1) is 10.9 Å². The summed E-state index contributed by atoms with van der Waals surface area (Å²) in [6.45, 7) is 4.04. The Morgan fingerprint density at radius 3 is 2.44 bits per heavy atom. The molecule has 0 bridgehead atoms. The highest BCUT2D eigenvalue weighted by molar-refractivity contribution is 8.01. The third-order valence-electron chi connectivity index (χ3n) is 2.63. The topological polar surface area (TPSA) is 37.4 Å². The van der Waals surface area contributed by atoms with E-state index in [1.165, 1.54) is 16.7 Å². The molecule has 1 aliphatic heterocycles. The van der Waals surface area contributed by atoms with Crippen LogP contribution in [0.1, 0.15) is 20.3 Å². The number of anilines is 1. The molecule has 2 amide bonds. The quantitative estimate of drug-likeness (QED) is 0.800. The van der Waals surface area contributed by atoms with Crippen molar-refractivity contribution < 1.29 is 9.59 Å². The smallest absolute Gasteiger partial charge is 0.247 e. The summed E-state index contributed by atoms with van der Waals surface area (Å²) in [7, 11) is 0. The SMILES string of the molecule is CC(C)SC1CC(=O)N(c2ccc(Cl)cc2)C1=O. The molecular formula is C13H14ClNO2S. The van der Waals surface area contributed by atoms with Crippen LogP contribution in [0.2, 0.25) is 5.02 Å². The number of carbonyl (C=O) groups excluding carboxylic acids is 2. The summed E-state index contributed by atoms with van der Waals surface area (Å²) in [5.74, 6) is -0.263. The molecule has 0 N–H and O–H groups in total. The second kappa shape index (κ2) is 5.33. The van der Waals surface area contributed by atoms with Gasteiger partial charge >= 0.3 is 0 Å². The minimum Gasteiger partial charge on any atom is -0.274 e. The number of imide groups is 1. The van der Waals surface area contributed by atoms with E-state index < -0.39 is 0 Å². The maximum atomic E-state index is 12.2. The van der Waals surface area contributed by atoms with Gasteiger partial charge < -0.3 is 0 Å². The van der Waals surface area contributed by atoms with Gasteiger partial charge in [-0.3, -0.25) is 9.59 Å². The lowest BCUT2D eigenvalue weighted by atomic mass is 10.3. The van der Waals surface area contributed by atoms with E-state index in [0.717, 1.165) is 0 Å². The lowest BCUT2D eigenvalue weighted by molar-refractivity contribution is -0.121. The molecule has 1 aromatic carbocycles. The van der Waals surface area contributed by atoms with Crippen molar-refractivity contribution in [2.24, 2.45) is 0 Å². The largest absolute Gasteiger partial charge is 0.274 e. The van der Waals surface area contributed by atoms with E-state index in [0.29, 0.717) is 16.0 Å². The van der Waals surface area contributed by atoms with Gasteiger partial charge in [-0.05, 0) is 29.5 Å². The molecule has 2 rings (SSSR count). The number of nitrogens with zero attached hydrogens (tertiary/aromatic N) is 1. The van der Waals surface area contributed by atoms with Crippen molar-refractivity contribution >= 4 is 40.9 Å². The molecule has 1 aromatic rings. The first kappa shape index (κ1) is 13.4. The number of halogens is 1. The molecule has 0 aromatic heterocycles. The Morgan fingerprint density at radius 2 is 1.89 bits per heavy atom. The van der Waals surface area contributed by atoms with Crippen LogP contribution in [0, 0.1) is 0 Å². The monoisotopic (exact) mass is 283 g/mol. The normalized spacial score (nSPS) is 20.0. The van der Waals surface area contributed by atoms with Crippen molar-refractivity contribution in [2.75, 3.05) is 4.90 Å². The highest BCUT2D eigenvalue weighted by Crippen LogP contribution is 2.31. The van der Waals surface area contributed by atoms with Crippen molar-refractivity contribution in [1.82, 2.24) is 0 Å². The van der Waals surface area contributed by atoms with Crippen LogP contribution in [0.5, 0.6) is 0 Å². The van der Waals surface area contributed by atoms with Gasteiger partial charge in [-0.15, -0.1) is 11.8 Å². The molecular weight excluding hydrogens is 270 g/mol. The summed E-state index contributed by atoms with van der Waals surface area (Å²) in [6, 6.07) is 6.75. The first-order valence-electron chi connectivity index (χ1n) is 5.77. The molecule has 1 unspecified atom stereocenters. The fourth-order valence-corrected chi connectivity index (χ4v) is 3.14. The first-order valence-corrected chi connectivity index (χ1v) is 7.09. The Kier molecular flexibility index (Phi) is 3.97. The minimum absolute atomic E-state index is 0.124. The van der Waals surface area contributed by atoms with Gasteiger partial charge in [0.15, 0.2) is 0 Å². The van der Waals surface area contributed by atoms with Crippen molar-refractivity contribution in [2.45, 2.75) is 30.8 Å². The van der Waals surface area contributed by atoms with Crippen LogP contribution < -0.4 is 4.90 Å². The van der Waals surface area contributed by atoms with Gasteiger partial charge in [0.2, 0.25) is 11.8 Å². The maximum Gasteiger partial charge on any atom is 0.247 e. The zero-order chi connectivity index (χ0) is 13.3. The second-order valence-electron chi connectivity index (χ2n) is 4.42. The molecule has 1 atom stereocenters. The highest BCUT2D eigenvalue weighted by atomic mass is 35.5. The van der Waals surface area contributed by atoms with Gasteiger partial charge in [0.25, 0.3) is 0 Å². The number of hydrogen-bond donors (Lipinski definition) is 0. The molecule has 1 saturated heterocycles. The molecule has 5 heteroatoms. The summed E-state index contributed by atoms with van der Waals surface area (Å²) in [5, 5.41) is 0.663. The molecule has 96 valence electrons. The summed E-state index contributed by atoms with van der Waals surface area (Å²) in [4.78, 5) is 25.4. The van der Waals surface area contributed by atoms with E-state index >= 15 is 0 Å². The van der Waals surface area contributed by atoms with Crippen LogP contribution in [0.4, 0.5) is 5.69 Å². The van der Waals surface area contributed by atoms with Crippen LogP contribution in [-0.4, -0.2) is 22.3 Å². The van der Waals surface area contributed by atoms with E-state index in [9.17, 15) is 9.59 Å². The number of hydrogen-bond acceptors (Lipinski definition) is 3. The molecule has 1 aliphatic rings. The van der Waals surface area contributed by atoms with E-state index in [2.05, 4.69) is 0 Å². The lowest BCUT2D eigenvalue weighted by Crippen LogP contribution is -2.31. The van der Waals surface area contributed by atoms with Crippen LogP contribution in [0.25, 0.3) is 0 Å². The number of rotatable bonds is 3. The maximum absolute atomic E-state index is 12.2. The summed E-state index contributed by atoms with van der Waals surface area (Å²) in [6.07, 6.45) is 0.282. The lowest BCUT2D eigenvalue weighted by Gasteiger charge is -2.15. The van der Waals surface area contributed by atoms with Gasteiger partial charge in [-0.2, -0.15) is 0 Å². The predicted molar refractivity (Wildman–Crippen MR) is 75.1 cm³/mol. The molecule has 0 aliphatic carbocycles. The summed E-state index contributed by atoms with van der Waals surface area (Å²) < 4.78 is 0. The number of benzene rings is 1. The molecule has 3 nitrogen and oxygen atoms in total. The number of carbonyl (C=O) groups is 2. The summed E-state index contributed by atoms with van der Waals surface area (Å²) >= 11 is 7.33. The van der Waals surface area contributed by atoms with Crippen molar-refractivity contribution in [3.8, 4) is 0 Å². The number of amides is 2. The van der Waals surface area contributed by atoms with Gasteiger partial charge in [0.1, 0.15) is 0 Å². The van der Waals surface area contributed by atoms with E-state index in [1.54, 1.807) is 24.3 Å². The van der Waals surface area contributed by atoms with Crippen molar-refractivity contribution in [3.63, 3.8) is 0 Å². The van der Waals surface area contributed by atoms with Gasteiger partial charge in [0, 0.05) is 11.4 Å². The van der Waals surface area contributed by atoms with E-state index in [4.69, 9.17) is 11.6 Å². The van der Waals surface area contributed by atoms with Crippen LogP contribution in [0.3, 0.4) is 0 Å². The van der Waals surface area contributed by atoms with Gasteiger partial charge in [-0.25, -0.2) is 4.90 Å². The molecule has 1 fully saturated rings. The van der Waals surface area contributed by atoms with Crippen LogP contribution in [0.15, 0.2) is 24.3 Å².